The second-order valence-corrected chi connectivity index (χ2v) is 4.54. The Morgan fingerprint density at radius 2 is 2.35 bits per heavy atom. The van der Waals surface area contributed by atoms with Crippen LogP contribution in [0.1, 0.15) is 37.8 Å². The maximum Gasteiger partial charge on any atom is 0.269 e. The Hall–Kier alpha value is -1.88. The topological polar surface area (TPSA) is 64.4 Å². The van der Waals surface area contributed by atoms with E-state index in [1.807, 2.05) is 6.07 Å². The Morgan fingerprint density at radius 3 is 3.00 bits per heavy atom. The predicted molar refractivity (Wildman–Crippen MR) is 79.5 cm³/mol. The first-order valence-electron chi connectivity index (χ1n) is 6.89. The van der Waals surface area contributed by atoms with Crippen LogP contribution < -0.4 is 5.32 Å². The minimum absolute atomic E-state index is 0.139. The number of ether oxygens (including phenoxy) is 1. The summed E-state index contributed by atoms with van der Waals surface area (Å²) in [5.41, 5.74) is 1.10. The van der Waals surface area contributed by atoms with Crippen molar-refractivity contribution in [3.63, 3.8) is 0 Å². The van der Waals surface area contributed by atoms with E-state index in [-0.39, 0.29) is 16.7 Å². The lowest BCUT2D eigenvalue weighted by Gasteiger charge is -2.18. The van der Waals surface area contributed by atoms with Crippen LogP contribution in [0.2, 0.25) is 0 Å². The smallest absolute Gasteiger partial charge is 0.269 e. The van der Waals surface area contributed by atoms with Crippen LogP contribution in [0.15, 0.2) is 37.1 Å². The van der Waals surface area contributed by atoms with Crippen molar-refractivity contribution in [2.75, 3.05) is 13.2 Å². The van der Waals surface area contributed by atoms with E-state index >= 15 is 0 Å². The van der Waals surface area contributed by atoms with Crippen LogP contribution in [-0.4, -0.2) is 18.1 Å². The summed E-state index contributed by atoms with van der Waals surface area (Å²) in [5.74, 6) is 0. The molecule has 0 amide bonds. The fraction of sp³-hybridized carbons (Fsp3) is 0.467. The van der Waals surface area contributed by atoms with Crippen molar-refractivity contribution in [3.05, 3.63) is 52.8 Å². The molecule has 1 unspecified atom stereocenters. The molecule has 1 aromatic carbocycles. The molecular formula is C15H22N2O3. The summed E-state index contributed by atoms with van der Waals surface area (Å²) >= 11 is 0. The van der Waals surface area contributed by atoms with E-state index in [1.165, 1.54) is 12.3 Å². The molecule has 0 aliphatic carbocycles. The highest BCUT2D eigenvalue weighted by molar-refractivity contribution is 5.35. The highest BCUT2D eigenvalue weighted by Crippen LogP contribution is 2.22. The van der Waals surface area contributed by atoms with E-state index in [4.69, 9.17) is 4.74 Å². The molecule has 1 aromatic rings. The molecule has 0 saturated heterocycles. The summed E-state index contributed by atoms with van der Waals surface area (Å²) in [6.45, 7) is 7.03. The number of hydrogen-bond acceptors (Lipinski definition) is 4. The molecular weight excluding hydrogens is 256 g/mol. The van der Waals surface area contributed by atoms with E-state index in [1.54, 1.807) is 12.1 Å². The van der Waals surface area contributed by atoms with Gasteiger partial charge < -0.3 is 10.1 Å². The zero-order chi connectivity index (χ0) is 14.8. The van der Waals surface area contributed by atoms with Crippen LogP contribution in [-0.2, 0) is 4.74 Å². The third-order valence-corrected chi connectivity index (χ3v) is 3.01. The number of nitrogens with zero attached hydrogens (tertiary/aromatic N) is 1. The molecule has 5 nitrogen and oxygen atoms in total. The maximum atomic E-state index is 10.8. The van der Waals surface area contributed by atoms with Gasteiger partial charge in [-0.25, -0.2) is 0 Å². The molecule has 1 atom stereocenters. The van der Waals surface area contributed by atoms with Crippen molar-refractivity contribution in [3.8, 4) is 0 Å². The summed E-state index contributed by atoms with van der Waals surface area (Å²) in [4.78, 5) is 10.5. The van der Waals surface area contributed by atoms with E-state index in [0.717, 1.165) is 31.4 Å². The first-order valence-corrected chi connectivity index (χ1v) is 6.89. The lowest BCUT2D eigenvalue weighted by Crippen LogP contribution is -2.23. The minimum atomic E-state index is -0.357. The largest absolute Gasteiger partial charge is 0.502 e. The van der Waals surface area contributed by atoms with Crippen molar-refractivity contribution in [1.29, 1.82) is 0 Å². The predicted octanol–water partition coefficient (Wildman–Crippen LogP) is 3.58. The zero-order valence-electron chi connectivity index (χ0n) is 11.9. The molecule has 1 N–H and O–H groups in total. The van der Waals surface area contributed by atoms with Gasteiger partial charge in [-0.3, -0.25) is 10.1 Å². The molecule has 0 heterocycles. The van der Waals surface area contributed by atoms with Gasteiger partial charge in [0.25, 0.3) is 5.69 Å². The van der Waals surface area contributed by atoms with Crippen molar-refractivity contribution in [2.45, 2.75) is 32.2 Å². The second kappa shape index (κ2) is 9.09. The van der Waals surface area contributed by atoms with Gasteiger partial charge in [-0.05, 0) is 24.9 Å². The Balaban J connectivity index is 2.62. The molecule has 0 bridgehead atoms. The molecule has 110 valence electrons. The Labute approximate surface area is 119 Å². The highest BCUT2D eigenvalue weighted by Gasteiger charge is 2.13. The number of hydrogen-bond donors (Lipinski definition) is 1. The number of benzene rings is 1. The van der Waals surface area contributed by atoms with Crippen molar-refractivity contribution in [2.24, 2.45) is 0 Å². The van der Waals surface area contributed by atoms with Crippen LogP contribution in [0.4, 0.5) is 5.69 Å². The summed E-state index contributed by atoms with van der Waals surface area (Å²) in [7, 11) is 0. The molecule has 20 heavy (non-hydrogen) atoms. The molecule has 0 aliphatic heterocycles. The van der Waals surface area contributed by atoms with Gasteiger partial charge in [0.05, 0.1) is 17.8 Å². The fourth-order valence-corrected chi connectivity index (χ4v) is 2.05. The van der Waals surface area contributed by atoms with Gasteiger partial charge in [0.15, 0.2) is 0 Å². The number of non-ortho nitro benzene ring substituents is 1. The van der Waals surface area contributed by atoms with Crippen molar-refractivity contribution in [1.82, 2.24) is 5.32 Å². The Kier molecular flexibility index (Phi) is 7.35. The molecule has 5 heteroatoms. The van der Waals surface area contributed by atoms with E-state index in [9.17, 15) is 10.1 Å². The van der Waals surface area contributed by atoms with E-state index < -0.39 is 0 Å². The molecule has 0 radical (unpaired) electrons. The Bertz CT molecular complexity index is 435. The van der Waals surface area contributed by atoms with E-state index in [2.05, 4.69) is 18.8 Å². The quantitative estimate of drug-likeness (QED) is 0.307. The molecule has 0 spiro atoms. The van der Waals surface area contributed by atoms with Gasteiger partial charge in [0.2, 0.25) is 0 Å². The SMILES string of the molecule is C=COCCCNC(CCC)c1cccc([N+](=O)[O-])c1. The third kappa shape index (κ3) is 5.40. The minimum Gasteiger partial charge on any atom is -0.502 e. The summed E-state index contributed by atoms with van der Waals surface area (Å²) < 4.78 is 5.07. The summed E-state index contributed by atoms with van der Waals surface area (Å²) in [6.07, 6.45) is 4.28. The lowest BCUT2D eigenvalue weighted by atomic mass is 10.0. The standard InChI is InChI=1S/C15H22N2O3/c1-3-7-15(16-10-6-11-20-4-2)13-8-5-9-14(12-13)17(18)19/h4-5,8-9,12,15-16H,2-3,6-7,10-11H2,1H3. The summed E-state index contributed by atoms with van der Waals surface area (Å²) in [6, 6.07) is 6.97. The number of nitrogens with one attached hydrogen (secondary N) is 1. The number of nitro benzene ring substituents is 1. The van der Waals surface area contributed by atoms with Crippen LogP contribution in [0, 0.1) is 10.1 Å². The normalized spacial score (nSPS) is 11.8. The Morgan fingerprint density at radius 1 is 1.55 bits per heavy atom. The fourth-order valence-electron chi connectivity index (χ4n) is 2.05. The first kappa shape index (κ1) is 16.2. The molecule has 0 saturated carbocycles. The number of rotatable bonds is 10. The van der Waals surface area contributed by atoms with Crippen LogP contribution in [0.5, 0.6) is 0 Å². The molecule has 0 fully saturated rings. The van der Waals surface area contributed by atoms with Gasteiger partial charge >= 0.3 is 0 Å². The van der Waals surface area contributed by atoms with E-state index in [0.29, 0.717) is 6.61 Å². The second-order valence-electron chi connectivity index (χ2n) is 4.54. The highest BCUT2D eigenvalue weighted by atomic mass is 16.6. The van der Waals surface area contributed by atoms with Gasteiger partial charge in [-0.1, -0.05) is 32.1 Å². The van der Waals surface area contributed by atoms with Crippen molar-refractivity contribution >= 4 is 5.69 Å². The first-order chi connectivity index (χ1) is 9.69. The maximum absolute atomic E-state index is 10.8. The monoisotopic (exact) mass is 278 g/mol. The molecule has 0 aliphatic rings. The average Bonchev–Trinajstić information content (AvgIpc) is 2.46. The molecule has 0 aromatic heterocycles. The van der Waals surface area contributed by atoms with Crippen LogP contribution in [0.25, 0.3) is 0 Å². The van der Waals surface area contributed by atoms with Gasteiger partial charge in [0.1, 0.15) is 0 Å². The zero-order valence-corrected chi connectivity index (χ0v) is 11.9. The third-order valence-electron chi connectivity index (χ3n) is 3.01. The van der Waals surface area contributed by atoms with Crippen molar-refractivity contribution < 1.29 is 9.66 Å². The van der Waals surface area contributed by atoms with Gasteiger partial charge in [-0.2, -0.15) is 0 Å². The van der Waals surface area contributed by atoms with Gasteiger partial charge in [-0.15, -0.1) is 0 Å². The average molecular weight is 278 g/mol. The van der Waals surface area contributed by atoms with Gasteiger partial charge in [0, 0.05) is 18.2 Å². The number of nitro groups is 1. The summed E-state index contributed by atoms with van der Waals surface area (Å²) in [5, 5.41) is 14.3. The van der Waals surface area contributed by atoms with Crippen LogP contribution in [0.3, 0.4) is 0 Å². The lowest BCUT2D eigenvalue weighted by molar-refractivity contribution is -0.384. The molecule has 1 rings (SSSR count). The van der Waals surface area contributed by atoms with Crippen LogP contribution >= 0.6 is 0 Å².